The van der Waals surface area contributed by atoms with Crippen LogP contribution in [0, 0.1) is 5.92 Å². The molecule has 3 heterocycles. The molecule has 2 aromatic heterocycles. The molecule has 1 unspecified atom stereocenters. The quantitative estimate of drug-likeness (QED) is 0.223. The van der Waals surface area contributed by atoms with Crippen molar-refractivity contribution in [1.29, 1.82) is 0 Å². The third kappa shape index (κ3) is 8.51. The first-order valence-electron chi connectivity index (χ1n) is 15.8. The number of ether oxygens (including phenoxy) is 2. The first kappa shape index (κ1) is 32.7. The maximum Gasteiger partial charge on any atom is 0.323 e. The highest BCUT2D eigenvalue weighted by molar-refractivity contribution is 7.90. The van der Waals surface area contributed by atoms with Crippen molar-refractivity contribution >= 4 is 38.6 Å². The predicted octanol–water partition coefficient (Wildman–Crippen LogP) is 3.35. The third-order valence-corrected chi connectivity index (χ3v) is 9.76. The molecule has 12 nitrogen and oxygen atoms in total. The minimum Gasteiger partial charge on any atom is -0.493 e. The van der Waals surface area contributed by atoms with Crippen molar-refractivity contribution in [2.45, 2.75) is 70.1 Å². The van der Waals surface area contributed by atoms with Gasteiger partial charge in [-0.1, -0.05) is 6.07 Å². The molecule has 244 valence electrons. The maximum atomic E-state index is 13.2. The molecule has 3 aromatic rings. The Labute approximate surface area is 264 Å². The zero-order valence-electron chi connectivity index (χ0n) is 26.3. The van der Waals surface area contributed by atoms with Crippen LogP contribution in [-0.2, 0) is 24.2 Å². The number of aromatic nitrogens is 3. The van der Waals surface area contributed by atoms with Gasteiger partial charge < -0.3 is 29.6 Å². The fourth-order valence-electron chi connectivity index (χ4n) is 6.02. The van der Waals surface area contributed by atoms with Crippen LogP contribution in [0.25, 0.3) is 16.7 Å². The third-order valence-electron chi connectivity index (χ3n) is 8.73. The molecule has 0 radical (unpaired) electrons. The molecule has 0 spiro atoms. The number of piperidine rings is 1. The van der Waals surface area contributed by atoms with E-state index in [-0.39, 0.29) is 41.7 Å². The Morgan fingerprint density at radius 1 is 1.07 bits per heavy atom. The number of hydrogen-bond acceptors (Lipinski definition) is 10. The zero-order valence-corrected chi connectivity index (χ0v) is 27.1. The second-order valence-corrected chi connectivity index (χ2v) is 14.4. The molecule has 5 rings (SSSR count). The summed E-state index contributed by atoms with van der Waals surface area (Å²) >= 11 is 0. The first-order valence-corrected chi connectivity index (χ1v) is 17.8. The lowest BCUT2D eigenvalue weighted by molar-refractivity contribution is -0.154. The van der Waals surface area contributed by atoms with Gasteiger partial charge in [0.1, 0.15) is 33.6 Å². The number of rotatable bonds is 12. The molecule has 2 N–H and O–H groups in total. The summed E-state index contributed by atoms with van der Waals surface area (Å²) in [6.45, 7) is 3.34. The molecule has 1 aromatic carbocycles. The average molecular weight is 641 g/mol. The Hall–Kier alpha value is -3.71. The number of carbonyl (C=O) groups excluding carboxylic acids is 2. The first-order chi connectivity index (χ1) is 21.6. The molecular weight excluding hydrogens is 596 g/mol. The van der Waals surface area contributed by atoms with Crippen molar-refractivity contribution in [2.75, 3.05) is 44.1 Å². The van der Waals surface area contributed by atoms with E-state index in [9.17, 15) is 18.0 Å². The van der Waals surface area contributed by atoms with Gasteiger partial charge in [0, 0.05) is 61.9 Å². The van der Waals surface area contributed by atoms with Gasteiger partial charge in [0.05, 0.1) is 17.9 Å². The summed E-state index contributed by atoms with van der Waals surface area (Å²) in [4.78, 5) is 36.5. The van der Waals surface area contributed by atoms with Crippen LogP contribution in [0.3, 0.4) is 0 Å². The molecule has 2 fully saturated rings. The molecule has 45 heavy (non-hydrogen) atoms. The van der Waals surface area contributed by atoms with Gasteiger partial charge >= 0.3 is 5.97 Å². The van der Waals surface area contributed by atoms with Crippen LogP contribution in [0.2, 0.25) is 0 Å². The number of benzene rings is 1. The normalized spacial score (nSPS) is 20.1. The monoisotopic (exact) mass is 640 g/mol. The standard InChI is InChI=1S/C32H44N6O6S/c1-22(33-2)31(40)44-25-13-17-37(18-14-25)30(39)23-8-10-24(11-9-23)35-32-34-16-12-29(36-32)38-19-15-26-27(38)6-4-7-28(26)43-20-5-21-45(3,41)42/h4,6-7,12,15-16,19,22-25,33H,5,8-11,13-14,17-18,20-21H2,1-3H3,(H,34,35,36). The van der Waals surface area contributed by atoms with Crippen molar-refractivity contribution in [3.8, 4) is 11.6 Å². The molecule has 1 atom stereocenters. The number of amides is 1. The number of fused-ring (bicyclic) bond motifs is 1. The van der Waals surface area contributed by atoms with E-state index in [0.717, 1.165) is 42.4 Å². The van der Waals surface area contributed by atoms with Crippen molar-refractivity contribution < 1.29 is 27.5 Å². The van der Waals surface area contributed by atoms with Gasteiger partial charge in [0.25, 0.3) is 0 Å². The minimum atomic E-state index is -3.02. The largest absolute Gasteiger partial charge is 0.493 e. The van der Waals surface area contributed by atoms with Crippen molar-refractivity contribution in [3.05, 3.63) is 42.7 Å². The lowest BCUT2D eigenvalue weighted by Crippen LogP contribution is -2.46. The molecule has 1 aliphatic carbocycles. The number of carbonyl (C=O) groups is 2. The Morgan fingerprint density at radius 3 is 2.53 bits per heavy atom. The van der Waals surface area contributed by atoms with E-state index in [1.54, 1.807) is 20.2 Å². The molecule has 1 saturated heterocycles. The molecule has 1 aliphatic heterocycles. The van der Waals surface area contributed by atoms with E-state index in [2.05, 4.69) is 15.6 Å². The second kappa shape index (κ2) is 14.6. The molecule has 2 aliphatic rings. The highest BCUT2D eigenvalue weighted by Gasteiger charge is 2.33. The topological polar surface area (TPSA) is 145 Å². The number of likely N-dealkylation sites (N-methyl/N-ethyl adjacent to an activating group) is 1. The summed E-state index contributed by atoms with van der Waals surface area (Å²) in [6.07, 6.45) is 9.87. The van der Waals surface area contributed by atoms with E-state index < -0.39 is 9.84 Å². The van der Waals surface area contributed by atoms with Crippen molar-refractivity contribution in [2.24, 2.45) is 5.92 Å². The molecule has 0 bridgehead atoms. The van der Waals surface area contributed by atoms with Crippen LogP contribution in [0.4, 0.5) is 5.95 Å². The van der Waals surface area contributed by atoms with Crippen LogP contribution < -0.4 is 15.4 Å². The van der Waals surface area contributed by atoms with E-state index in [1.807, 2.05) is 46.0 Å². The summed E-state index contributed by atoms with van der Waals surface area (Å²) in [5.41, 5.74) is 0.925. The molecule has 13 heteroatoms. The van der Waals surface area contributed by atoms with Crippen molar-refractivity contribution in [3.63, 3.8) is 0 Å². The van der Waals surface area contributed by atoms with Crippen LogP contribution in [0.15, 0.2) is 42.7 Å². The molecule has 1 amide bonds. The minimum absolute atomic E-state index is 0.00717. The van der Waals surface area contributed by atoms with E-state index >= 15 is 0 Å². The van der Waals surface area contributed by atoms with Gasteiger partial charge in [0.15, 0.2) is 0 Å². The summed E-state index contributed by atoms with van der Waals surface area (Å²) in [7, 11) is -1.29. The van der Waals surface area contributed by atoms with Crippen LogP contribution in [0.5, 0.6) is 5.75 Å². The average Bonchev–Trinajstić information content (AvgIpc) is 3.48. The number of nitrogens with zero attached hydrogens (tertiary/aromatic N) is 4. The van der Waals surface area contributed by atoms with Crippen molar-refractivity contribution in [1.82, 2.24) is 24.8 Å². The van der Waals surface area contributed by atoms with E-state index in [4.69, 9.17) is 14.5 Å². The fourth-order valence-corrected chi connectivity index (χ4v) is 6.67. The summed E-state index contributed by atoms with van der Waals surface area (Å²) in [5, 5.41) is 7.30. The Morgan fingerprint density at radius 2 is 1.82 bits per heavy atom. The lowest BCUT2D eigenvalue weighted by atomic mass is 9.85. The number of sulfone groups is 1. The molecular formula is C32H44N6O6S. The summed E-state index contributed by atoms with van der Waals surface area (Å²) in [6, 6.07) is 9.44. The van der Waals surface area contributed by atoms with Gasteiger partial charge in [-0.2, -0.15) is 4.98 Å². The Balaban J connectivity index is 1.12. The van der Waals surface area contributed by atoms with Crippen LogP contribution in [0.1, 0.15) is 51.9 Å². The SMILES string of the molecule is CNC(C)C(=O)OC1CCN(C(=O)C2CCC(Nc3nccc(-n4ccc5c(OCCCS(C)(=O)=O)cccc54)n3)CC2)CC1. The van der Waals surface area contributed by atoms with E-state index in [0.29, 0.717) is 50.7 Å². The van der Waals surface area contributed by atoms with Gasteiger partial charge in [-0.25, -0.2) is 13.4 Å². The predicted molar refractivity (Wildman–Crippen MR) is 172 cm³/mol. The van der Waals surface area contributed by atoms with Crippen LogP contribution in [-0.4, -0.2) is 96.7 Å². The Bertz CT molecular complexity index is 1580. The zero-order chi connectivity index (χ0) is 32.0. The van der Waals surface area contributed by atoms with Crippen LogP contribution >= 0.6 is 0 Å². The van der Waals surface area contributed by atoms with E-state index in [1.165, 1.54) is 6.26 Å². The number of hydrogen-bond donors (Lipinski definition) is 2. The van der Waals surface area contributed by atoms with Gasteiger partial charge in [-0.05, 0) is 70.3 Å². The number of likely N-dealkylation sites (tertiary alicyclic amines) is 1. The fraction of sp³-hybridized carbons (Fsp3) is 0.562. The number of nitrogens with one attached hydrogen (secondary N) is 2. The second-order valence-electron chi connectivity index (χ2n) is 12.1. The highest BCUT2D eigenvalue weighted by Crippen LogP contribution is 2.31. The number of anilines is 1. The maximum absolute atomic E-state index is 13.2. The van der Waals surface area contributed by atoms with Gasteiger partial charge in [-0.3, -0.25) is 9.59 Å². The Kier molecular flexibility index (Phi) is 10.6. The summed E-state index contributed by atoms with van der Waals surface area (Å²) < 4.78 is 36.3. The highest BCUT2D eigenvalue weighted by atomic mass is 32.2. The lowest BCUT2D eigenvalue weighted by Gasteiger charge is -2.36. The summed E-state index contributed by atoms with van der Waals surface area (Å²) in [5.74, 6) is 2.02. The molecule has 1 saturated carbocycles. The number of esters is 1. The van der Waals surface area contributed by atoms with Gasteiger partial charge in [0.2, 0.25) is 11.9 Å². The smallest absolute Gasteiger partial charge is 0.323 e. The van der Waals surface area contributed by atoms with Gasteiger partial charge in [-0.15, -0.1) is 0 Å².